The first kappa shape index (κ1) is 24.0. The lowest BCUT2D eigenvalue weighted by molar-refractivity contribution is -0.150. The van der Waals surface area contributed by atoms with Crippen molar-refractivity contribution < 1.29 is 28.7 Å². The monoisotopic (exact) mass is 505 g/mol. The third kappa shape index (κ3) is 5.34. The number of rotatable bonds is 7. The number of hydrogen-bond donors (Lipinski definition) is 1. The van der Waals surface area contributed by atoms with Crippen LogP contribution in [0, 0.1) is 5.92 Å². The van der Waals surface area contributed by atoms with Crippen LogP contribution >= 0.6 is 22.9 Å². The Balaban J connectivity index is 1.32. The van der Waals surface area contributed by atoms with Crippen LogP contribution in [0.1, 0.15) is 29.4 Å². The first-order valence-electron chi connectivity index (χ1n) is 10.9. The number of carbonyl (C=O) groups excluding carboxylic acids is 4. The molecule has 2 fully saturated rings. The predicted octanol–water partition coefficient (Wildman–Crippen LogP) is 3.46. The Morgan fingerprint density at radius 2 is 1.85 bits per heavy atom. The lowest BCUT2D eigenvalue weighted by Crippen LogP contribution is -2.41. The van der Waals surface area contributed by atoms with Crippen molar-refractivity contribution in [2.75, 3.05) is 36.0 Å². The molecule has 0 bridgehead atoms. The van der Waals surface area contributed by atoms with Gasteiger partial charge in [0.25, 0.3) is 5.91 Å². The van der Waals surface area contributed by atoms with Crippen LogP contribution in [0.5, 0.6) is 0 Å². The van der Waals surface area contributed by atoms with Gasteiger partial charge in [-0.1, -0.05) is 11.6 Å². The van der Waals surface area contributed by atoms with Crippen LogP contribution in [-0.2, 0) is 19.1 Å². The number of ether oxygens (including phenoxy) is 2. The molecule has 2 atom stereocenters. The van der Waals surface area contributed by atoms with E-state index in [9.17, 15) is 19.2 Å². The van der Waals surface area contributed by atoms with E-state index in [0.29, 0.717) is 40.2 Å². The Kier molecular flexibility index (Phi) is 7.38. The van der Waals surface area contributed by atoms with E-state index in [4.69, 9.17) is 21.1 Å². The number of amides is 3. The summed E-state index contributed by atoms with van der Waals surface area (Å²) in [5, 5.41) is 2.75. The van der Waals surface area contributed by atoms with Gasteiger partial charge in [-0.05, 0) is 49.7 Å². The number of nitrogens with one attached hydrogen (secondary N) is 1. The summed E-state index contributed by atoms with van der Waals surface area (Å²) in [5.41, 5.74) is 1.32. The van der Waals surface area contributed by atoms with Gasteiger partial charge < -0.3 is 19.7 Å². The first-order valence-corrected chi connectivity index (χ1v) is 12.1. The normalized spacial score (nSPS) is 20.3. The molecule has 3 amide bonds. The van der Waals surface area contributed by atoms with E-state index in [1.54, 1.807) is 48.2 Å². The number of hydrogen-bond acceptors (Lipinski definition) is 7. The van der Waals surface area contributed by atoms with Crippen molar-refractivity contribution in [3.05, 3.63) is 45.6 Å². The fraction of sp³-hybridized carbons (Fsp3) is 0.391. The molecule has 4 rings (SSSR count). The second-order valence-corrected chi connectivity index (χ2v) is 9.65. The molecule has 1 unspecified atom stereocenters. The fourth-order valence-electron chi connectivity index (χ4n) is 3.95. The van der Waals surface area contributed by atoms with Crippen molar-refractivity contribution in [1.29, 1.82) is 0 Å². The van der Waals surface area contributed by atoms with E-state index in [-0.39, 0.29) is 37.3 Å². The average Bonchev–Trinajstić information content (AvgIpc) is 3.43. The second-order valence-electron chi connectivity index (χ2n) is 7.93. The van der Waals surface area contributed by atoms with Crippen molar-refractivity contribution in [2.45, 2.75) is 25.9 Å². The standard InChI is InChI=1S/C23H24ClN3O6S/c1-2-32-22(30)14-9-10-26(20(28)11-14)15-3-5-16(6-4-15)27-13-17(33-23(27)31)12-25-21(29)18-7-8-19(24)34-18/h3-8,14,17H,2,9-13H2,1H3,(H,25,29)/t14?,17-/m0/s1. The Labute approximate surface area is 205 Å². The topological polar surface area (TPSA) is 105 Å². The SMILES string of the molecule is CCOC(=O)C1CCN(c2ccc(N3C[C@H](CNC(=O)c4ccc(Cl)s4)OC3=O)cc2)C(=O)C1. The van der Waals surface area contributed by atoms with Gasteiger partial charge in [0.2, 0.25) is 5.91 Å². The van der Waals surface area contributed by atoms with Crippen LogP contribution in [0.15, 0.2) is 36.4 Å². The molecule has 2 saturated heterocycles. The van der Waals surface area contributed by atoms with Gasteiger partial charge in [-0.3, -0.25) is 19.3 Å². The summed E-state index contributed by atoms with van der Waals surface area (Å²) in [6.45, 7) is 2.92. The number of anilines is 2. The van der Waals surface area contributed by atoms with Gasteiger partial charge in [0, 0.05) is 24.3 Å². The third-order valence-corrected chi connectivity index (χ3v) is 6.91. The van der Waals surface area contributed by atoms with Crippen LogP contribution in [-0.4, -0.2) is 56.2 Å². The molecule has 1 aromatic heterocycles. The molecule has 2 aliphatic heterocycles. The van der Waals surface area contributed by atoms with Crippen LogP contribution in [0.3, 0.4) is 0 Å². The van der Waals surface area contributed by atoms with Crippen molar-refractivity contribution >= 4 is 58.2 Å². The van der Waals surface area contributed by atoms with Crippen LogP contribution in [0.25, 0.3) is 0 Å². The number of halogens is 1. The maximum atomic E-state index is 12.6. The van der Waals surface area contributed by atoms with Crippen LogP contribution in [0.4, 0.5) is 16.2 Å². The maximum Gasteiger partial charge on any atom is 0.414 e. The molecule has 0 spiro atoms. The molecule has 0 radical (unpaired) electrons. The van der Waals surface area contributed by atoms with E-state index >= 15 is 0 Å². The molecular weight excluding hydrogens is 482 g/mol. The molecule has 180 valence electrons. The Hall–Kier alpha value is -3.11. The zero-order valence-electron chi connectivity index (χ0n) is 18.5. The number of carbonyl (C=O) groups is 4. The van der Waals surface area contributed by atoms with E-state index in [1.807, 2.05) is 0 Å². The van der Waals surface area contributed by atoms with E-state index < -0.39 is 18.1 Å². The van der Waals surface area contributed by atoms with Gasteiger partial charge >= 0.3 is 12.1 Å². The molecular formula is C23H24ClN3O6S. The van der Waals surface area contributed by atoms with Gasteiger partial charge in [-0.15, -0.1) is 11.3 Å². The molecule has 2 aromatic rings. The average molecular weight is 506 g/mol. The molecule has 1 aromatic carbocycles. The Bertz CT molecular complexity index is 1090. The minimum Gasteiger partial charge on any atom is -0.466 e. The smallest absolute Gasteiger partial charge is 0.414 e. The predicted molar refractivity (Wildman–Crippen MR) is 127 cm³/mol. The lowest BCUT2D eigenvalue weighted by atomic mass is 9.96. The quantitative estimate of drug-likeness (QED) is 0.578. The largest absolute Gasteiger partial charge is 0.466 e. The van der Waals surface area contributed by atoms with Crippen molar-refractivity contribution in [2.24, 2.45) is 5.92 Å². The molecule has 0 aliphatic carbocycles. The summed E-state index contributed by atoms with van der Waals surface area (Å²) < 4.78 is 10.9. The molecule has 2 aliphatic rings. The summed E-state index contributed by atoms with van der Waals surface area (Å²) in [6, 6.07) is 10.3. The number of piperidine rings is 1. The number of esters is 1. The van der Waals surface area contributed by atoms with E-state index in [1.165, 1.54) is 16.2 Å². The fourth-order valence-corrected chi connectivity index (χ4v) is 4.91. The van der Waals surface area contributed by atoms with Gasteiger partial charge in [0.1, 0.15) is 6.10 Å². The minimum atomic E-state index is -0.502. The van der Waals surface area contributed by atoms with Crippen LogP contribution in [0.2, 0.25) is 4.34 Å². The van der Waals surface area contributed by atoms with Gasteiger partial charge in [-0.25, -0.2) is 4.79 Å². The Morgan fingerprint density at radius 1 is 1.15 bits per heavy atom. The summed E-state index contributed by atoms with van der Waals surface area (Å²) in [5.74, 6) is -1.15. The van der Waals surface area contributed by atoms with Gasteiger partial charge in [-0.2, -0.15) is 0 Å². The number of benzene rings is 1. The highest BCUT2D eigenvalue weighted by atomic mass is 35.5. The zero-order chi connectivity index (χ0) is 24.2. The molecule has 1 N–H and O–H groups in total. The Morgan fingerprint density at radius 3 is 2.47 bits per heavy atom. The zero-order valence-corrected chi connectivity index (χ0v) is 20.1. The molecule has 9 nitrogen and oxygen atoms in total. The summed E-state index contributed by atoms with van der Waals surface area (Å²) in [4.78, 5) is 52.6. The van der Waals surface area contributed by atoms with Crippen molar-refractivity contribution in [3.63, 3.8) is 0 Å². The highest BCUT2D eigenvalue weighted by Gasteiger charge is 2.34. The summed E-state index contributed by atoms with van der Waals surface area (Å²) >= 11 is 7.04. The van der Waals surface area contributed by atoms with Crippen molar-refractivity contribution in [1.82, 2.24) is 5.32 Å². The minimum absolute atomic E-state index is 0.115. The summed E-state index contributed by atoms with van der Waals surface area (Å²) in [6.07, 6.45) is -0.340. The highest BCUT2D eigenvalue weighted by molar-refractivity contribution is 7.18. The number of thiophene rings is 1. The number of nitrogens with zero attached hydrogens (tertiary/aromatic N) is 2. The van der Waals surface area contributed by atoms with Gasteiger partial charge in [0.05, 0.1) is 34.8 Å². The maximum absolute atomic E-state index is 12.6. The van der Waals surface area contributed by atoms with Crippen molar-refractivity contribution in [3.8, 4) is 0 Å². The van der Waals surface area contributed by atoms with E-state index in [0.717, 1.165) is 0 Å². The molecule has 11 heteroatoms. The second kappa shape index (κ2) is 10.4. The lowest BCUT2D eigenvalue weighted by Gasteiger charge is -2.31. The van der Waals surface area contributed by atoms with Crippen LogP contribution < -0.4 is 15.1 Å². The number of cyclic esters (lactones) is 1. The molecule has 3 heterocycles. The van der Waals surface area contributed by atoms with E-state index in [2.05, 4.69) is 5.32 Å². The molecule has 34 heavy (non-hydrogen) atoms. The summed E-state index contributed by atoms with van der Waals surface area (Å²) in [7, 11) is 0. The first-order chi connectivity index (χ1) is 16.4. The van der Waals surface area contributed by atoms with Gasteiger partial charge in [0.15, 0.2) is 0 Å². The molecule has 0 saturated carbocycles. The third-order valence-electron chi connectivity index (χ3n) is 5.68. The highest BCUT2D eigenvalue weighted by Crippen LogP contribution is 2.29.